The van der Waals surface area contributed by atoms with Crippen LogP contribution in [0.2, 0.25) is 0 Å². The maximum Gasteiger partial charge on any atom is 0.142 e. The van der Waals surface area contributed by atoms with E-state index in [0.717, 1.165) is 11.2 Å². The molecule has 0 aliphatic heterocycles. The minimum atomic E-state index is 0.968. The molecule has 0 heterocycles. The summed E-state index contributed by atoms with van der Waals surface area (Å²) in [5.41, 5.74) is 0. The van der Waals surface area contributed by atoms with E-state index in [9.17, 15) is 0 Å². The standard InChI is InChI=1S/CNSSi.H2S2/c2-1-3-4;1-2/h;1-2H. The van der Waals surface area contributed by atoms with Crippen LogP contribution in [0, 0.1) is 10.7 Å². The quantitative estimate of drug-likeness (QED) is 0.235. The van der Waals surface area contributed by atoms with E-state index in [1.54, 1.807) is 5.40 Å². The van der Waals surface area contributed by atoms with E-state index in [1.165, 1.54) is 0 Å². The van der Waals surface area contributed by atoms with Crippen molar-refractivity contribution in [2.24, 2.45) is 0 Å². The van der Waals surface area contributed by atoms with E-state index in [0.29, 0.717) is 0 Å². The van der Waals surface area contributed by atoms with Gasteiger partial charge < -0.3 is 0 Å². The van der Waals surface area contributed by atoms with Crippen molar-refractivity contribution in [1.29, 1.82) is 5.26 Å². The summed E-state index contributed by atoms with van der Waals surface area (Å²) in [4.78, 5) is 0. The summed E-state index contributed by atoms with van der Waals surface area (Å²) in [6.45, 7) is 0. The Morgan fingerprint density at radius 1 is 1.67 bits per heavy atom. The summed E-state index contributed by atoms with van der Waals surface area (Å²) < 4.78 is 0. The Morgan fingerprint density at radius 3 is 1.83 bits per heavy atom. The van der Waals surface area contributed by atoms with Gasteiger partial charge in [-0.15, -0.1) is 23.3 Å². The van der Waals surface area contributed by atoms with Crippen molar-refractivity contribution in [3.63, 3.8) is 0 Å². The van der Waals surface area contributed by atoms with Crippen LogP contribution in [0.4, 0.5) is 0 Å². The van der Waals surface area contributed by atoms with Gasteiger partial charge >= 0.3 is 0 Å². The molecule has 0 fully saturated rings. The molecule has 0 N–H and O–H groups in total. The van der Waals surface area contributed by atoms with Crippen LogP contribution >= 0.6 is 34.5 Å². The summed E-state index contributed by atoms with van der Waals surface area (Å²) in [7, 11) is 2.84. The molecular weight excluding hydrogens is 150 g/mol. The first-order valence-electron chi connectivity index (χ1n) is 0.832. The molecule has 1 nitrogen and oxygen atoms in total. The Kier molecular flexibility index (Phi) is 28.3. The van der Waals surface area contributed by atoms with E-state index in [1.807, 2.05) is 0 Å². The Bertz CT molecular complexity index is 40.5. The molecule has 0 amide bonds. The zero-order valence-electron chi connectivity index (χ0n) is 2.75. The average molecular weight is 152 g/mol. The molecule has 0 aliphatic carbocycles. The fourth-order valence-corrected chi connectivity index (χ4v) is 0. The van der Waals surface area contributed by atoms with Crippen LogP contribution < -0.4 is 0 Å². The second-order valence-electron chi connectivity index (χ2n) is 0.193. The second kappa shape index (κ2) is 17.1. The third-order valence-electron chi connectivity index (χ3n) is 0.0456. The first-order valence-corrected chi connectivity index (χ1v) is 4.47. The van der Waals surface area contributed by atoms with Crippen molar-refractivity contribution in [1.82, 2.24) is 0 Å². The number of thiol groups is 2. The molecule has 6 heavy (non-hydrogen) atoms. The lowest BCUT2D eigenvalue weighted by Gasteiger charge is -1.46. The Morgan fingerprint density at radius 2 is 1.83 bits per heavy atom. The second-order valence-corrected chi connectivity index (χ2v) is 1.19. The Balaban J connectivity index is 0. The predicted octanol–water partition coefficient (Wildman–Crippen LogP) is 1.05. The van der Waals surface area contributed by atoms with E-state index in [4.69, 9.17) is 5.26 Å². The molecule has 0 spiro atoms. The Hall–Kier alpha value is 0.757. The first-order chi connectivity index (χ1) is 2.91. The molecule has 0 atom stereocenters. The maximum absolute atomic E-state index is 7.54. The van der Waals surface area contributed by atoms with E-state index >= 15 is 0 Å². The highest BCUT2D eigenvalue weighted by Gasteiger charge is 1.50. The number of rotatable bonds is 0. The summed E-state index contributed by atoms with van der Waals surface area (Å²) in [6.07, 6.45) is 0. The molecule has 0 aliphatic rings. The highest BCUT2D eigenvalue weighted by molar-refractivity contribution is 8.59. The number of hydrogen-bond donors (Lipinski definition) is 2. The zero-order valence-corrected chi connectivity index (χ0v) is 6.36. The topological polar surface area (TPSA) is 23.8 Å². The van der Waals surface area contributed by atoms with E-state index in [2.05, 4.69) is 32.7 Å². The highest BCUT2D eigenvalue weighted by atomic mass is 33.1. The van der Waals surface area contributed by atoms with Crippen molar-refractivity contribution < 1.29 is 0 Å². The lowest BCUT2D eigenvalue weighted by Crippen LogP contribution is -1.33. The molecule has 0 unspecified atom stereocenters. The third-order valence-corrected chi connectivity index (χ3v) is 0.411. The van der Waals surface area contributed by atoms with Crippen molar-refractivity contribution in [2.45, 2.75) is 0 Å². The smallest absolute Gasteiger partial charge is 0.142 e. The van der Waals surface area contributed by atoms with Gasteiger partial charge in [0, 0.05) is 0 Å². The molecule has 0 aromatic heterocycles. The summed E-state index contributed by atoms with van der Waals surface area (Å²) in [5, 5.41) is 9.30. The van der Waals surface area contributed by atoms with Crippen LogP contribution in [0.25, 0.3) is 0 Å². The molecule has 0 rings (SSSR count). The van der Waals surface area contributed by atoms with Crippen LogP contribution in [-0.2, 0) is 0 Å². The molecule has 33 valence electrons. The molecule has 0 saturated carbocycles. The van der Waals surface area contributed by atoms with Gasteiger partial charge in [-0.1, -0.05) is 11.2 Å². The molecule has 0 aromatic carbocycles. The molecule has 0 saturated heterocycles. The monoisotopic (exact) mass is 152 g/mol. The predicted molar refractivity (Wildman–Crippen MR) is 36.9 cm³/mol. The molecule has 5 heteroatoms. The number of hydrogen-bond acceptors (Lipinski definition) is 4. The van der Waals surface area contributed by atoms with Crippen molar-refractivity contribution in [3.05, 3.63) is 0 Å². The zero-order chi connectivity index (χ0) is 5.41. The van der Waals surface area contributed by atoms with Gasteiger partial charge in [-0.2, -0.15) is 5.26 Å². The van der Waals surface area contributed by atoms with Gasteiger partial charge in [0.25, 0.3) is 0 Å². The largest absolute Gasteiger partial charge is 0.186 e. The number of thiocyanates is 1. The van der Waals surface area contributed by atoms with Crippen LogP contribution in [0.1, 0.15) is 0 Å². The number of nitrogens with zero attached hydrogens (tertiary/aromatic N) is 1. The SMILES string of the molecule is N#CS[Si].SS. The average Bonchev–Trinajstić information content (AvgIpc) is 1.72. The lowest BCUT2D eigenvalue weighted by molar-refractivity contribution is 1.57. The van der Waals surface area contributed by atoms with Crippen LogP contribution in [0.3, 0.4) is 0 Å². The first kappa shape index (κ1) is 9.90. The molecule has 3 radical (unpaired) electrons. The van der Waals surface area contributed by atoms with Gasteiger partial charge in [-0.3, -0.25) is 0 Å². The molecular formula is CH2NS3Si. The van der Waals surface area contributed by atoms with Crippen molar-refractivity contribution in [3.8, 4) is 5.40 Å². The minimum absolute atomic E-state index is 0.968. The van der Waals surface area contributed by atoms with Crippen LogP contribution in [-0.4, -0.2) is 9.39 Å². The highest BCUT2D eigenvalue weighted by Crippen LogP contribution is 1.76. The lowest BCUT2D eigenvalue weighted by atomic mass is 11.8. The normalized spacial score (nSPS) is 4.33. The van der Waals surface area contributed by atoms with Gasteiger partial charge in [0.15, 0.2) is 0 Å². The fraction of sp³-hybridized carbons (Fsp3) is 0. The third kappa shape index (κ3) is 21.8. The van der Waals surface area contributed by atoms with Gasteiger partial charge in [0.05, 0.1) is 0 Å². The fourth-order valence-electron chi connectivity index (χ4n) is 0. The minimum Gasteiger partial charge on any atom is -0.186 e. The van der Waals surface area contributed by atoms with Gasteiger partial charge in [-0.05, 0) is 0 Å². The Labute approximate surface area is 54.8 Å². The summed E-state index contributed by atoms with van der Waals surface area (Å²) in [5.74, 6) is 0. The summed E-state index contributed by atoms with van der Waals surface area (Å²) in [6, 6.07) is 0. The van der Waals surface area contributed by atoms with E-state index in [-0.39, 0.29) is 0 Å². The van der Waals surface area contributed by atoms with Crippen LogP contribution in [0.15, 0.2) is 0 Å². The van der Waals surface area contributed by atoms with E-state index < -0.39 is 0 Å². The number of nitriles is 1. The van der Waals surface area contributed by atoms with Gasteiger partial charge in [0.1, 0.15) is 14.8 Å². The maximum atomic E-state index is 7.54. The molecule has 0 aromatic rings. The van der Waals surface area contributed by atoms with Gasteiger partial charge in [0.2, 0.25) is 0 Å². The van der Waals surface area contributed by atoms with Crippen molar-refractivity contribution >= 4 is 43.9 Å². The summed E-state index contributed by atoms with van der Waals surface area (Å²) >= 11 is 7.41. The van der Waals surface area contributed by atoms with Crippen LogP contribution in [0.5, 0.6) is 0 Å². The molecule has 0 bridgehead atoms. The van der Waals surface area contributed by atoms with Gasteiger partial charge in [-0.25, -0.2) is 0 Å². The van der Waals surface area contributed by atoms with Crippen molar-refractivity contribution in [2.75, 3.05) is 0 Å².